The van der Waals surface area contributed by atoms with Gasteiger partial charge in [-0.05, 0) is 45.1 Å². The molecule has 0 aromatic heterocycles. The summed E-state index contributed by atoms with van der Waals surface area (Å²) in [5.41, 5.74) is 3.29. The molecule has 130 valence electrons. The molecule has 0 fully saturated rings. The third kappa shape index (κ3) is 6.55. The number of anilines is 1. The van der Waals surface area contributed by atoms with Gasteiger partial charge in [0.2, 0.25) is 0 Å². The summed E-state index contributed by atoms with van der Waals surface area (Å²) in [6.07, 6.45) is 6.56. The molecular formula is C16H22N4O4. The van der Waals surface area contributed by atoms with Gasteiger partial charge in [0.1, 0.15) is 5.69 Å². The molecule has 1 unspecified atom stereocenters. The van der Waals surface area contributed by atoms with Crippen LogP contribution in [0.5, 0.6) is 0 Å². The molecule has 8 nitrogen and oxygen atoms in total. The summed E-state index contributed by atoms with van der Waals surface area (Å²) in [6, 6.07) is 3.40. The quantitative estimate of drug-likeness (QED) is 0.305. The Hall–Kier alpha value is -2.77. The molecule has 1 rings (SSSR count). The first-order valence-corrected chi connectivity index (χ1v) is 7.65. The third-order valence-electron chi connectivity index (χ3n) is 3.38. The van der Waals surface area contributed by atoms with Crippen LogP contribution in [0.2, 0.25) is 0 Å². The normalized spacial score (nSPS) is 12.0. The zero-order valence-electron chi connectivity index (χ0n) is 14.1. The summed E-state index contributed by atoms with van der Waals surface area (Å²) in [4.78, 5) is 20.3. The maximum Gasteiger partial charge on any atom is 0.301 e. The highest BCUT2D eigenvalue weighted by Gasteiger charge is 2.18. The predicted octanol–water partition coefficient (Wildman–Crippen LogP) is 4.67. The minimum atomic E-state index is -0.674. The van der Waals surface area contributed by atoms with Crippen molar-refractivity contribution in [1.82, 2.24) is 0 Å². The van der Waals surface area contributed by atoms with E-state index in [2.05, 4.69) is 37.4 Å². The van der Waals surface area contributed by atoms with Crippen LogP contribution in [0, 0.1) is 26.1 Å². The molecule has 0 amide bonds. The van der Waals surface area contributed by atoms with Crippen molar-refractivity contribution in [2.45, 2.75) is 40.0 Å². The number of hydrogen-bond donors (Lipinski definition) is 1. The minimum absolute atomic E-state index is 0.124. The average Bonchev–Trinajstić information content (AvgIpc) is 2.52. The molecule has 0 aliphatic carbocycles. The van der Waals surface area contributed by atoms with E-state index in [1.165, 1.54) is 17.7 Å². The van der Waals surface area contributed by atoms with Crippen molar-refractivity contribution < 1.29 is 9.85 Å². The minimum Gasteiger partial charge on any atom is -0.272 e. The highest BCUT2D eigenvalue weighted by atomic mass is 16.6. The molecule has 0 saturated heterocycles. The fourth-order valence-corrected chi connectivity index (χ4v) is 1.97. The van der Waals surface area contributed by atoms with E-state index in [4.69, 9.17) is 0 Å². The van der Waals surface area contributed by atoms with Crippen molar-refractivity contribution in [3.05, 3.63) is 50.1 Å². The molecule has 8 heteroatoms. The Bertz CT molecular complexity index is 651. The van der Waals surface area contributed by atoms with Gasteiger partial charge in [-0.15, -0.1) is 0 Å². The summed E-state index contributed by atoms with van der Waals surface area (Å²) in [6.45, 7) is 6.28. The number of nitro groups is 2. The monoisotopic (exact) mass is 334 g/mol. The largest absolute Gasteiger partial charge is 0.301 e. The summed E-state index contributed by atoms with van der Waals surface area (Å²) in [5, 5.41) is 25.6. The number of benzene rings is 1. The standard InChI is InChI=1S/C16H22N4O4/c1-12(2)6-7-13(3)5-4-10-17-18-15-9-8-14(19(21)22)11-16(15)20(23)24/h6,8-11,13,18H,4-5,7H2,1-3H3/b17-10+. The number of hydrogen-bond acceptors (Lipinski definition) is 6. The first-order valence-electron chi connectivity index (χ1n) is 7.65. The van der Waals surface area contributed by atoms with Gasteiger partial charge in [-0.3, -0.25) is 25.7 Å². The smallest absolute Gasteiger partial charge is 0.272 e. The molecule has 1 aromatic rings. The Kier molecular flexibility index (Phi) is 7.54. The van der Waals surface area contributed by atoms with Gasteiger partial charge in [-0.25, -0.2) is 0 Å². The molecule has 0 aliphatic rings. The van der Waals surface area contributed by atoms with Crippen molar-refractivity contribution >= 4 is 23.3 Å². The molecule has 0 aliphatic heterocycles. The molecule has 0 bridgehead atoms. The van der Waals surface area contributed by atoms with Crippen molar-refractivity contribution in [2.75, 3.05) is 5.43 Å². The number of nitrogens with one attached hydrogen (secondary N) is 1. The van der Waals surface area contributed by atoms with Crippen LogP contribution in [0.4, 0.5) is 17.1 Å². The van der Waals surface area contributed by atoms with Gasteiger partial charge in [0, 0.05) is 12.3 Å². The lowest BCUT2D eigenvalue weighted by Gasteiger charge is -2.06. The van der Waals surface area contributed by atoms with E-state index in [0.717, 1.165) is 25.3 Å². The zero-order valence-corrected chi connectivity index (χ0v) is 14.1. The van der Waals surface area contributed by atoms with E-state index in [-0.39, 0.29) is 17.1 Å². The van der Waals surface area contributed by atoms with E-state index in [1.54, 1.807) is 6.21 Å². The first kappa shape index (κ1) is 19.3. The Morgan fingerprint density at radius 1 is 1.29 bits per heavy atom. The number of nitrogens with zero attached hydrogens (tertiary/aromatic N) is 3. The zero-order chi connectivity index (χ0) is 18.1. The Labute approximate surface area is 140 Å². The van der Waals surface area contributed by atoms with Gasteiger partial charge in [0.05, 0.1) is 15.9 Å². The van der Waals surface area contributed by atoms with E-state index >= 15 is 0 Å². The van der Waals surface area contributed by atoms with Gasteiger partial charge in [0.15, 0.2) is 0 Å². The fraction of sp³-hybridized carbons (Fsp3) is 0.438. The van der Waals surface area contributed by atoms with Crippen molar-refractivity contribution in [2.24, 2.45) is 11.0 Å². The van der Waals surface area contributed by atoms with Crippen LogP contribution in [0.1, 0.15) is 40.0 Å². The number of non-ortho nitro benzene ring substituents is 1. The maximum absolute atomic E-state index is 11.0. The summed E-state index contributed by atoms with van der Waals surface area (Å²) < 4.78 is 0. The molecule has 1 atom stereocenters. The molecule has 1 N–H and O–H groups in total. The average molecular weight is 334 g/mol. The molecule has 24 heavy (non-hydrogen) atoms. The lowest BCUT2D eigenvalue weighted by molar-refractivity contribution is -0.393. The van der Waals surface area contributed by atoms with Crippen molar-refractivity contribution in [3.63, 3.8) is 0 Å². The highest BCUT2D eigenvalue weighted by molar-refractivity contribution is 5.67. The number of rotatable bonds is 9. The van der Waals surface area contributed by atoms with Crippen LogP contribution in [-0.2, 0) is 0 Å². The van der Waals surface area contributed by atoms with Crippen LogP contribution in [0.25, 0.3) is 0 Å². The lowest BCUT2D eigenvalue weighted by atomic mass is 10.0. The van der Waals surface area contributed by atoms with Crippen LogP contribution >= 0.6 is 0 Å². The summed E-state index contributed by atoms with van der Waals surface area (Å²) >= 11 is 0. The van der Waals surface area contributed by atoms with Crippen LogP contribution in [0.3, 0.4) is 0 Å². The third-order valence-corrected chi connectivity index (χ3v) is 3.38. The Morgan fingerprint density at radius 3 is 2.58 bits per heavy atom. The number of nitro benzene ring substituents is 2. The molecule has 0 saturated carbocycles. The van der Waals surface area contributed by atoms with E-state index in [1.807, 2.05) is 0 Å². The topological polar surface area (TPSA) is 111 Å². The highest BCUT2D eigenvalue weighted by Crippen LogP contribution is 2.28. The summed E-state index contributed by atoms with van der Waals surface area (Å²) in [7, 11) is 0. The van der Waals surface area contributed by atoms with E-state index in [0.29, 0.717) is 5.92 Å². The van der Waals surface area contributed by atoms with Crippen molar-refractivity contribution in [1.29, 1.82) is 0 Å². The second kappa shape index (κ2) is 9.39. The molecule has 1 aromatic carbocycles. The van der Waals surface area contributed by atoms with E-state index < -0.39 is 9.85 Å². The second-order valence-corrected chi connectivity index (χ2v) is 5.84. The lowest BCUT2D eigenvalue weighted by Crippen LogP contribution is -1.99. The SMILES string of the molecule is CC(C)=CCC(C)CC/C=N/Nc1ccc([N+](=O)[O-])cc1[N+](=O)[O-]. The molecule has 0 heterocycles. The van der Waals surface area contributed by atoms with Gasteiger partial charge < -0.3 is 0 Å². The van der Waals surface area contributed by atoms with E-state index in [9.17, 15) is 20.2 Å². The first-order chi connectivity index (χ1) is 11.3. The summed E-state index contributed by atoms with van der Waals surface area (Å²) in [5.74, 6) is 0.528. The van der Waals surface area contributed by atoms with Crippen LogP contribution in [0.15, 0.2) is 34.9 Å². The molecule has 0 spiro atoms. The Balaban J connectivity index is 2.59. The van der Waals surface area contributed by atoms with Gasteiger partial charge in [-0.2, -0.15) is 5.10 Å². The molecular weight excluding hydrogens is 312 g/mol. The van der Waals surface area contributed by atoms with Gasteiger partial charge >= 0.3 is 5.69 Å². The van der Waals surface area contributed by atoms with Crippen molar-refractivity contribution in [3.8, 4) is 0 Å². The van der Waals surface area contributed by atoms with Crippen LogP contribution < -0.4 is 5.43 Å². The fourth-order valence-electron chi connectivity index (χ4n) is 1.97. The van der Waals surface area contributed by atoms with Crippen LogP contribution in [-0.4, -0.2) is 16.1 Å². The Morgan fingerprint density at radius 2 is 2.00 bits per heavy atom. The maximum atomic E-state index is 11.0. The second-order valence-electron chi connectivity index (χ2n) is 5.84. The number of allylic oxidation sites excluding steroid dienone is 2. The number of hydrazone groups is 1. The predicted molar refractivity (Wildman–Crippen MR) is 94.3 cm³/mol. The van der Waals surface area contributed by atoms with Gasteiger partial charge in [0.25, 0.3) is 5.69 Å². The molecule has 0 radical (unpaired) electrons. The van der Waals surface area contributed by atoms with Gasteiger partial charge in [-0.1, -0.05) is 18.6 Å².